The molecule has 0 bridgehead atoms. The number of amides is 2. The Hall–Kier alpha value is -1.85. The first-order valence-electron chi connectivity index (χ1n) is 3.71. The minimum absolute atomic E-state index is 0.0927. The van der Waals surface area contributed by atoms with Crippen LogP contribution < -0.4 is 0 Å². The molecule has 2 amide bonds. The molecule has 0 aromatic heterocycles. The van der Waals surface area contributed by atoms with Gasteiger partial charge in [0.15, 0.2) is 0 Å². The van der Waals surface area contributed by atoms with Crippen molar-refractivity contribution in [2.45, 2.75) is 0 Å². The van der Waals surface area contributed by atoms with Gasteiger partial charge >= 0.3 is 6.09 Å². The number of carbonyl (C=O) groups is 2. The number of imide groups is 1. The maximum atomic E-state index is 11.2. The molecule has 1 N–H and O–H groups in total. The van der Waals surface area contributed by atoms with Crippen LogP contribution in [0.2, 0.25) is 0 Å². The van der Waals surface area contributed by atoms with E-state index in [1.54, 1.807) is 4.90 Å². The number of aliphatic imine (C=N–C) groups is 1. The van der Waals surface area contributed by atoms with E-state index in [0.717, 1.165) is 4.90 Å². The number of carboxylic acid groups (broad SMARTS) is 1. The molecule has 6 nitrogen and oxygen atoms in total. The van der Waals surface area contributed by atoms with Crippen molar-refractivity contribution in [3.05, 3.63) is 11.9 Å². The average Bonchev–Trinajstić information content (AvgIpc) is 2.39. The number of rotatable bonds is 0. The van der Waals surface area contributed by atoms with Crippen LogP contribution in [0, 0.1) is 0 Å². The first kappa shape index (κ1) is 7.78. The van der Waals surface area contributed by atoms with Gasteiger partial charge in [0, 0.05) is 6.21 Å². The van der Waals surface area contributed by atoms with Gasteiger partial charge in [-0.2, -0.15) is 4.90 Å². The van der Waals surface area contributed by atoms with Gasteiger partial charge in [0.2, 0.25) is 0 Å². The molecular weight excluding hydrogens is 174 g/mol. The van der Waals surface area contributed by atoms with Crippen LogP contribution in [0.25, 0.3) is 0 Å². The lowest BCUT2D eigenvalue weighted by atomic mass is 10.5. The second-order valence-corrected chi connectivity index (χ2v) is 2.71. The number of hydrogen-bond donors (Lipinski definition) is 1. The fourth-order valence-corrected chi connectivity index (χ4v) is 1.36. The summed E-state index contributed by atoms with van der Waals surface area (Å²) in [6.45, 7) is 0.441. The van der Waals surface area contributed by atoms with Crippen LogP contribution in [-0.4, -0.2) is 46.3 Å². The van der Waals surface area contributed by atoms with Crippen LogP contribution in [0.15, 0.2) is 16.9 Å². The zero-order chi connectivity index (χ0) is 9.42. The number of allylic oxidation sites excluding steroid dienone is 1. The predicted molar refractivity (Wildman–Crippen MR) is 43.0 cm³/mol. The van der Waals surface area contributed by atoms with Gasteiger partial charge in [-0.15, -0.1) is 0 Å². The van der Waals surface area contributed by atoms with Crippen molar-refractivity contribution in [3.63, 3.8) is 0 Å². The highest BCUT2D eigenvalue weighted by Gasteiger charge is 2.37. The van der Waals surface area contributed by atoms with Crippen molar-refractivity contribution in [3.8, 4) is 0 Å². The molecule has 0 aliphatic carbocycles. The molecule has 0 aromatic rings. The van der Waals surface area contributed by atoms with E-state index < -0.39 is 12.0 Å². The van der Waals surface area contributed by atoms with Gasteiger partial charge in [-0.25, -0.2) is 4.79 Å². The molecule has 13 heavy (non-hydrogen) atoms. The van der Waals surface area contributed by atoms with E-state index in [1.807, 2.05) is 0 Å². The molecule has 1 fully saturated rings. The van der Waals surface area contributed by atoms with Crippen LogP contribution in [-0.2, 0) is 4.79 Å². The quantitative estimate of drug-likeness (QED) is 0.556. The molecular formula is C7H7N3O3. The molecule has 0 spiro atoms. The summed E-state index contributed by atoms with van der Waals surface area (Å²) in [5, 5.41) is 8.72. The Morgan fingerprint density at radius 1 is 1.62 bits per heavy atom. The zero-order valence-electron chi connectivity index (χ0n) is 6.67. The van der Waals surface area contributed by atoms with Crippen LogP contribution in [0.5, 0.6) is 0 Å². The van der Waals surface area contributed by atoms with Crippen molar-refractivity contribution in [2.24, 2.45) is 4.99 Å². The number of carbonyl (C=O) groups excluding carboxylic acids is 1. The monoisotopic (exact) mass is 181 g/mol. The third kappa shape index (κ3) is 1.07. The van der Waals surface area contributed by atoms with Crippen molar-refractivity contribution in [1.29, 1.82) is 0 Å². The molecule has 2 heterocycles. The maximum Gasteiger partial charge on any atom is 0.419 e. The van der Waals surface area contributed by atoms with Gasteiger partial charge in [-0.05, 0) is 6.08 Å². The predicted octanol–water partition coefficient (Wildman–Crippen LogP) is -0.308. The standard InChI is InChI=1S/C7H7N3O3/c11-6-3-9-4-8-2-1-5(9)10(6)7(12)13/h1-2H,3-4H2,(H,12,13). The maximum absolute atomic E-state index is 11.2. The number of nitrogens with zero attached hydrogens (tertiary/aromatic N) is 3. The summed E-state index contributed by atoms with van der Waals surface area (Å²) >= 11 is 0. The van der Waals surface area contributed by atoms with Crippen LogP contribution in [0.3, 0.4) is 0 Å². The SMILES string of the molecule is O=C(O)N1C(=O)CN2CN=CC=C21. The van der Waals surface area contributed by atoms with Gasteiger partial charge in [-0.3, -0.25) is 9.79 Å². The minimum atomic E-state index is -1.24. The van der Waals surface area contributed by atoms with Crippen LogP contribution >= 0.6 is 0 Å². The molecule has 0 aromatic carbocycles. The Morgan fingerprint density at radius 2 is 2.38 bits per heavy atom. The van der Waals surface area contributed by atoms with Crippen LogP contribution in [0.4, 0.5) is 4.79 Å². The molecule has 1 saturated heterocycles. The van der Waals surface area contributed by atoms with Gasteiger partial charge < -0.3 is 10.0 Å². The van der Waals surface area contributed by atoms with E-state index in [-0.39, 0.29) is 6.54 Å². The molecule has 2 aliphatic rings. The summed E-state index contributed by atoms with van der Waals surface area (Å²) in [6, 6.07) is 0. The fraction of sp³-hybridized carbons (Fsp3) is 0.286. The molecule has 0 radical (unpaired) electrons. The highest BCUT2D eigenvalue weighted by atomic mass is 16.4. The Bertz CT molecular complexity index is 334. The Labute approximate surface area is 73.8 Å². The molecule has 2 aliphatic heterocycles. The van der Waals surface area contributed by atoms with E-state index in [4.69, 9.17) is 5.11 Å². The highest BCUT2D eigenvalue weighted by Crippen LogP contribution is 2.20. The Balaban J connectivity index is 2.36. The van der Waals surface area contributed by atoms with Gasteiger partial charge in [0.1, 0.15) is 19.0 Å². The lowest BCUT2D eigenvalue weighted by Crippen LogP contribution is -2.31. The third-order valence-electron chi connectivity index (χ3n) is 1.90. The number of hydrogen-bond acceptors (Lipinski definition) is 4. The van der Waals surface area contributed by atoms with E-state index in [1.165, 1.54) is 12.3 Å². The summed E-state index contributed by atoms with van der Waals surface area (Å²) in [4.78, 5) is 28.1. The Kier molecular flexibility index (Phi) is 1.54. The largest absolute Gasteiger partial charge is 0.464 e. The highest BCUT2D eigenvalue weighted by molar-refractivity contribution is 5.97. The van der Waals surface area contributed by atoms with Crippen molar-refractivity contribution >= 4 is 18.2 Å². The lowest BCUT2D eigenvalue weighted by molar-refractivity contribution is -0.124. The molecule has 0 saturated carbocycles. The summed E-state index contributed by atoms with van der Waals surface area (Å²) in [6.07, 6.45) is 1.78. The first-order chi connectivity index (χ1) is 6.20. The summed E-state index contributed by atoms with van der Waals surface area (Å²) < 4.78 is 0. The zero-order valence-corrected chi connectivity index (χ0v) is 6.67. The topological polar surface area (TPSA) is 73.2 Å². The summed E-state index contributed by atoms with van der Waals surface area (Å²) in [7, 11) is 0. The summed E-state index contributed by atoms with van der Waals surface area (Å²) in [5.74, 6) is -0.0308. The molecule has 2 rings (SSSR count). The second kappa shape index (κ2) is 2.58. The third-order valence-corrected chi connectivity index (χ3v) is 1.90. The smallest absolute Gasteiger partial charge is 0.419 e. The van der Waals surface area contributed by atoms with E-state index >= 15 is 0 Å². The van der Waals surface area contributed by atoms with Gasteiger partial charge in [0.25, 0.3) is 5.91 Å². The summed E-state index contributed by atoms with van der Waals surface area (Å²) in [5.41, 5.74) is 0. The van der Waals surface area contributed by atoms with Gasteiger partial charge in [-0.1, -0.05) is 0 Å². The van der Waals surface area contributed by atoms with Crippen molar-refractivity contribution in [1.82, 2.24) is 9.80 Å². The average molecular weight is 181 g/mol. The number of fused-ring (bicyclic) bond motifs is 1. The molecule has 0 unspecified atom stereocenters. The lowest BCUT2D eigenvalue weighted by Gasteiger charge is -2.20. The fourth-order valence-electron chi connectivity index (χ4n) is 1.36. The normalized spacial score (nSPS) is 20.3. The second-order valence-electron chi connectivity index (χ2n) is 2.71. The van der Waals surface area contributed by atoms with E-state index in [2.05, 4.69) is 4.99 Å². The first-order valence-corrected chi connectivity index (χ1v) is 3.71. The molecule has 6 heteroatoms. The van der Waals surface area contributed by atoms with Crippen molar-refractivity contribution in [2.75, 3.05) is 13.2 Å². The van der Waals surface area contributed by atoms with E-state index in [9.17, 15) is 9.59 Å². The molecule has 68 valence electrons. The Morgan fingerprint density at radius 3 is 3.08 bits per heavy atom. The van der Waals surface area contributed by atoms with E-state index in [0.29, 0.717) is 12.5 Å². The minimum Gasteiger partial charge on any atom is -0.464 e. The van der Waals surface area contributed by atoms with Gasteiger partial charge in [0.05, 0.1) is 0 Å². The van der Waals surface area contributed by atoms with Crippen molar-refractivity contribution < 1.29 is 14.7 Å². The molecule has 0 atom stereocenters. The van der Waals surface area contributed by atoms with Crippen LogP contribution in [0.1, 0.15) is 0 Å².